The lowest BCUT2D eigenvalue weighted by Gasteiger charge is -2.07. The number of hydrogen-bond donors (Lipinski definition) is 2. The number of anilines is 2. The number of hydrogen-bond acceptors (Lipinski definition) is 3. The Bertz CT molecular complexity index is 905. The van der Waals surface area contributed by atoms with Gasteiger partial charge < -0.3 is 15.1 Å². The van der Waals surface area contributed by atoms with Crippen LogP contribution in [0.2, 0.25) is 0 Å². The lowest BCUT2D eigenvalue weighted by atomic mass is 10.2. The van der Waals surface area contributed by atoms with Gasteiger partial charge in [-0.25, -0.2) is 0 Å². The topological polar surface area (TPSA) is 71.3 Å². The second kappa shape index (κ2) is 7.83. The minimum atomic E-state index is -0.324. The van der Waals surface area contributed by atoms with Crippen molar-refractivity contribution in [2.45, 2.75) is 0 Å². The number of amides is 2. The molecule has 0 fully saturated rings. The number of halogens is 2. The van der Waals surface area contributed by atoms with Crippen LogP contribution in [0.5, 0.6) is 0 Å². The third-order valence-electron chi connectivity index (χ3n) is 3.30. The molecular formula is C18H12BrIN2O3. The molecule has 2 N–H and O–H groups in total. The first-order chi connectivity index (χ1) is 12.0. The Labute approximate surface area is 166 Å². The van der Waals surface area contributed by atoms with Crippen molar-refractivity contribution in [3.8, 4) is 0 Å². The summed E-state index contributed by atoms with van der Waals surface area (Å²) in [5.74, 6) is -0.277. The monoisotopic (exact) mass is 510 g/mol. The number of carbonyl (C=O) groups excluding carboxylic acids is 2. The van der Waals surface area contributed by atoms with Crippen LogP contribution in [0.3, 0.4) is 0 Å². The van der Waals surface area contributed by atoms with Gasteiger partial charge in [-0.3, -0.25) is 9.59 Å². The average Bonchev–Trinajstić information content (AvgIpc) is 3.04. The lowest BCUT2D eigenvalue weighted by molar-refractivity contribution is 0.0993. The molecule has 25 heavy (non-hydrogen) atoms. The summed E-state index contributed by atoms with van der Waals surface area (Å²) in [6.07, 6.45) is 0. The van der Waals surface area contributed by atoms with Gasteiger partial charge in [0.05, 0.1) is 0 Å². The Morgan fingerprint density at radius 1 is 0.800 bits per heavy atom. The van der Waals surface area contributed by atoms with Crippen molar-refractivity contribution in [3.63, 3.8) is 0 Å². The molecule has 0 radical (unpaired) electrons. The van der Waals surface area contributed by atoms with Crippen LogP contribution in [-0.4, -0.2) is 11.8 Å². The minimum absolute atomic E-state index is 0.200. The van der Waals surface area contributed by atoms with E-state index in [0.29, 0.717) is 20.7 Å². The van der Waals surface area contributed by atoms with Crippen LogP contribution in [0.25, 0.3) is 0 Å². The summed E-state index contributed by atoms with van der Waals surface area (Å²) in [5.41, 5.74) is 1.81. The number of rotatable bonds is 4. The number of nitrogens with one attached hydrogen (secondary N) is 2. The largest absolute Gasteiger partial charge is 0.445 e. The molecule has 0 saturated heterocycles. The summed E-state index contributed by atoms with van der Waals surface area (Å²) in [5, 5.41) is 5.54. The first kappa shape index (κ1) is 17.7. The summed E-state index contributed by atoms with van der Waals surface area (Å²) in [4.78, 5) is 24.2. The van der Waals surface area contributed by atoms with Gasteiger partial charge in [-0.1, -0.05) is 15.9 Å². The number of furan rings is 1. The van der Waals surface area contributed by atoms with Crippen molar-refractivity contribution in [2.75, 3.05) is 10.6 Å². The van der Waals surface area contributed by atoms with Crippen LogP contribution >= 0.6 is 38.5 Å². The van der Waals surface area contributed by atoms with E-state index in [4.69, 9.17) is 4.42 Å². The predicted octanol–water partition coefficient (Wildman–Crippen LogP) is 5.15. The zero-order chi connectivity index (χ0) is 17.8. The molecule has 1 aromatic heterocycles. The van der Waals surface area contributed by atoms with Crippen molar-refractivity contribution in [3.05, 3.63) is 80.2 Å². The zero-order valence-corrected chi connectivity index (χ0v) is 16.5. The van der Waals surface area contributed by atoms with Gasteiger partial charge >= 0.3 is 0 Å². The van der Waals surface area contributed by atoms with Crippen molar-refractivity contribution < 1.29 is 14.0 Å². The Morgan fingerprint density at radius 2 is 1.36 bits per heavy atom. The maximum absolute atomic E-state index is 12.2. The second-order valence-electron chi connectivity index (χ2n) is 5.10. The van der Waals surface area contributed by atoms with E-state index in [9.17, 15) is 9.59 Å². The van der Waals surface area contributed by atoms with Crippen molar-refractivity contribution in [2.24, 2.45) is 0 Å². The van der Waals surface area contributed by atoms with Gasteiger partial charge in [-0.2, -0.15) is 0 Å². The van der Waals surface area contributed by atoms with E-state index in [1.165, 1.54) is 0 Å². The summed E-state index contributed by atoms with van der Waals surface area (Å²) < 4.78 is 6.82. The van der Waals surface area contributed by atoms with E-state index in [1.54, 1.807) is 48.5 Å². The predicted molar refractivity (Wildman–Crippen MR) is 108 cm³/mol. The zero-order valence-electron chi connectivity index (χ0n) is 12.8. The molecule has 0 aliphatic heterocycles. The molecule has 2 aromatic carbocycles. The van der Waals surface area contributed by atoms with Gasteiger partial charge in [-0.15, -0.1) is 0 Å². The highest BCUT2D eigenvalue weighted by Crippen LogP contribution is 2.17. The number of benzene rings is 2. The Balaban J connectivity index is 1.63. The molecule has 5 nitrogen and oxygen atoms in total. The quantitative estimate of drug-likeness (QED) is 0.477. The molecule has 1 heterocycles. The Hall–Kier alpha value is -2.13. The van der Waals surface area contributed by atoms with Crippen LogP contribution in [0.4, 0.5) is 11.4 Å². The SMILES string of the molecule is O=C(Nc1ccc(NC(=O)c2ccc(I)o2)cc1)c1ccc(Br)cc1. The standard InChI is InChI=1S/C18H12BrIN2O3/c19-12-3-1-11(2-4-12)17(23)21-13-5-7-14(8-6-13)22-18(24)15-9-10-16(20)25-15/h1-10H,(H,21,23)(H,22,24). The fourth-order valence-electron chi connectivity index (χ4n) is 2.07. The fourth-order valence-corrected chi connectivity index (χ4v) is 2.75. The van der Waals surface area contributed by atoms with Crippen LogP contribution in [0, 0.1) is 3.77 Å². The average molecular weight is 511 g/mol. The van der Waals surface area contributed by atoms with Gasteiger partial charge in [0.25, 0.3) is 11.8 Å². The molecule has 126 valence electrons. The Morgan fingerprint density at radius 3 is 1.88 bits per heavy atom. The molecule has 0 aliphatic carbocycles. The van der Waals surface area contributed by atoms with E-state index >= 15 is 0 Å². The fraction of sp³-hybridized carbons (Fsp3) is 0. The molecule has 0 spiro atoms. The van der Waals surface area contributed by atoms with Gasteiger partial charge in [0.2, 0.25) is 0 Å². The van der Waals surface area contributed by atoms with Gasteiger partial charge in [0.1, 0.15) is 0 Å². The van der Waals surface area contributed by atoms with Crippen LogP contribution in [0.15, 0.2) is 69.6 Å². The minimum Gasteiger partial charge on any atom is -0.445 e. The third-order valence-corrected chi connectivity index (χ3v) is 4.41. The molecule has 3 aromatic rings. The number of carbonyl (C=O) groups is 2. The summed E-state index contributed by atoms with van der Waals surface area (Å²) in [7, 11) is 0. The van der Waals surface area contributed by atoms with Gasteiger partial charge in [-0.05, 0) is 83.3 Å². The van der Waals surface area contributed by atoms with Crippen molar-refractivity contribution in [1.29, 1.82) is 0 Å². The molecular weight excluding hydrogens is 499 g/mol. The summed E-state index contributed by atoms with van der Waals surface area (Å²) in [6.45, 7) is 0. The maximum Gasteiger partial charge on any atom is 0.291 e. The normalized spacial score (nSPS) is 10.3. The van der Waals surface area contributed by atoms with Crippen molar-refractivity contribution >= 4 is 61.7 Å². The van der Waals surface area contributed by atoms with E-state index in [1.807, 2.05) is 34.7 Å². The molecule has 0 saturated carbocycles. The highest BCUT2D eigenvalue weighted by atomic mass is 127. The molecule has 0 unspecified atom stereocenters. The van der Waals surface area contributed by atoms with Crippen LogP contribution in [0.1, 0.15) is 20.9 Å². The first-order valence-electron chi connectivity index (χ1n) is 7.25. The molecule has 3 rings (SSSR count). The van der Waals surface area contributed by atoms with Gasteiger partial charge in [0, 0.05) is 21.4 Å². The Kier molecular flexibility index (Phi) is 5.54. The summed E-state index contributed by atoms with van der Waals surface area (Å²) >= 11 is 5.33. The third kappa shape index (κ3) is 4.70. The van der Waals surface area contributed by atoms with Crippen LogP contribution < -0.4 is 10.6 Å². The second-order valence-corrected chi connectivity index (χ2v) is 7.08. The lowest BCUT2D eigenvalue weighted by Crippen LogP contribution is -2.12. The van der Waals surface area contributed by atoms with E-state index in [2.05, 4.69) is 26.6 Å². The smallest absolute Gasteiger partial charge is 0.291 e. The molecule has 0 aliphatic rings. The van der Waals surface area contributed by atoms with Crippen molar-refractivity contribution in [1.82, 2.24) is 0 Å². The molecule has 0 atom stereocenters. The van der Waals surface area contributed by atoms with Gasteiger partial charge in [0.15, 0.2) is 9.53 Å². The van der Waals surface area contributed by atoms with Crippen LogP contribution in [-0.2, 0) is 0 Å². The molecule has 2 amide bonds. The summed E-state index contributed by atoms with van der Waals surface area (Å²) in [6, 6.07) is 17.3. The molecule has 0 bridgehead atoms. The van der Waals surface area contributed by atoms with E-state index in [-0.39, 0.29) is 17.6 Å². The highest BCUT2D eigenvalue weighted by molar-refractivity contribution is 14.1. The van der Waals surface area contributed by atoms with E-state index < -0.39 is 0 Å². The van der Waals surface area contributed by atoms with E-state index in [0.717, 1.165) is 4.47 Å². The highest BCUT2D eigenvalue weighted by Gasteiger charge is 2.11. The first-order valence-corrected chi connectivity index (χ1v) is 9.12. The maximum atomic E-state index is 12.2. The molecule has 7 heteroatoms.